The van der Waals surface area contributed by atoms with Gasteiger partial charge in [0.25, 0.3) is 0 Å². The maximum Gasteiger partial charge on any atom is 0.324 e. The highest BCUT2D eigenvalue weighted by atomic mass is 32.2. The Labute approximate surface area is 260 Å². The SMILES string of the molecule is Cc1ncc(-n2nc(C(C)(C)C)cc2NC(=O)Nc2ccc(-c3ccc(CN4CC[S+]([O-])CC4)nc3)c3ccccc23)cn1. The molecule has 44 heavy (non-hydrogen) atoms. The number of nitrogens with one attached hydrogen (secondary N) is 2. The van der Waals surface area contributed by atoms with E-state index in [-0.39, 0.29) is 11.4 Å². The van der Waals surface area contributed by atoms with Crippen LogP contribution in [0.2, 0.25) is 0 Å². The van der Waals surface area contributed by atoms with E-state index in [0.29, 0.717) is 23.0 Å². The number of rotatable bonds is 6. The van der Waals surface area contributed by atoms with Gasteiger partial charge in [0.1, 0.15) is 28.8 Å². The third kappa shape index (κ3) is 6.59. The van der Waals surface area contributed by atoms with Crippen molar-refractivity contribution in [2.24, 2.45) is 0 Å². The van der Waals surface area contributed by atoms with E-state index in [1.807, 2.05) is 49.5 Å². The monoisotopic (exact) mass is 608 g/mol. The van der Waals surface area contributed by atoms with Crippen LogP contribution >= 0.6 is 0 Å². The number of nitrogens with zero attached hydrogens (tertiary/aromatic N) is 6. The summed E-state index contributed by atoms with van der Waals surface area (Å²) in [5, 5.41) is 12.7. The largest absolute Gasteiger partial charge is 0.616 e. The summed E-state index contributed by atoms with van der Waals surface area (Å²) in [6.45, 7) is 10.5. The van der Waals surface area contributed by atoms with E-state index < -0.39 is 11.2 Å². The first kappa shape index (κ1) is 29.7. The Morgan fingerprint density at radius 1 is 0.932 bits per heavy atom. The normalized spacial score (nSPS) is 14.6. The number of amides is 2. The minimum absolute atomic E-state index is 0.224. The van der Waals surface area contributed by atoms with E-state index in [0.717, 1.165) is 64.4 Å². The molecule has 0 radical (unpaired) electrons. The van der Waals surface area contributed by atoms with Gasteiger partial charge in [-0.1, -0.05) is 68.3 Å². The Kier molecular flexibility index (Phi) is 8.35. The highest BCUT2D eigenvalue weighted by Gasteiger charge is 2.23. The van der Waals surface area contributed by atoms with Crippen LogP contribution in [0, 0.1) is 6.92 Å². The Morgan fingerprint density at radius 3 is 2.34 bits per heavy atom. The van der Waals surface area contributed by atoms with Crippen molar-refractivity contribution in [1.82, 2.24) is 29.6 Å². The van der Waals surface area contributed by atoms with Crippen LogP contribution in [0.15, 0.2) is 73.2 Å². The van der Waals surface area contributed by atoms with Gasteiger partial charge < -0.3 is 9.87 Å². The fourth-order valence-electron chi connectivity index (χ4n) is 5.20. The zero-order chi connectivity index (χ0) is 30.8. The summed E-state index contributed by atoms with van der Waals surface area (Å²) in [6, 6.07) is 17.6. The first-order valence-corrected chi connectivity index (χ1v) is 16.1. The molecule has 1 aliphatic heterocycles. The Balaban J connectivity index is 1.22. The molecule has 4 heterocycles. The predicted octanol–water partition coefficient (Wildman–Crippen LogP) is 5.69. The van der Waals surface area contributed by atoms with Gasteiger partial charge in [-0.2, -0.15) is 5.10 Å². The average molecular weight is 609 g/mol. The molecule has 2 amide bonds. The smallest absolute Gasteiger partial charge is 0.324 e. The average Bonchev–Trinajstić information content (AvgIpc) is 3.44. The highest BCUT2D eigenvalue weighted by Crippen LogP contribution is 2.33. The summed E-state index contributed by atoms with van der Waals surface area (Å²) < 4.78 is 13.3. The molecule has 0 saturated carbocycles. The number of aromatic nitrogens is 5. The molecule has 0 spiro atoms. The molecule has 0 aliphatic carbocycles. The molecule has 0 unspecified atom stereocenters. The highest BCUT2D eigenvalue weighted by molar-refractivity contribution is 7.91. The van der Waals surface area contributed by atoms with Crippen molar-refractivity contribution in [1.29, 1.82) is 0 Å². The summed E-state index contributed by atoms with van der Waals surface area (Å²) >= 11 is -0.691. The first-order valence-electron chi connectivity index (χ1n) is 14.7. The maximum absolute atomic E-state index is 13.4. The third-order valence-electron chi connectivity index (χ3n) is 7.70. The van der Waals surface area contributed by atoms with Gasteiger partial charge in [-0.05, 0) is 30.0 Å². The third-order valence-corrected chi connectivity index (χ3v) is 8.97. The van der Waals surface area contributed by atoms with E-state index in [1.54, 1.807) is 17.1 Å². The number of hydrogen-bond acceptors (Lipinski definition) is 7. The van der Waals surface area contributed by atoms with Crippen LogP contribution in [-0.2, 0) is 23.1 Å². The molecular formula is C33H36N8O2S. The van der Waals surface area contributed by atoms with E-state index in [1.165, 1.54) is 0 Å². The summed E-state index contributed by atoms with van der Waals surface area (Å²) in [7, 11) is 0. The van der Waals surface area contributed by atoms with Crippen molar-refractivity contribution in [2.45, 2.75) is 39.7 Å². The molecule has 2 aromatic carbocycles. The van der Waals surface area contributed by atoms with Crippen LogP contribution in [0.3, 0.4) is 0 Å². The van der Waals surface area contributed by atoms with Crippen molar-refractivity contribution in [3.63, 3.8) is 0 Å². The number of carbonyl (C=O) groups excluding carboxylic acids is 1. The number of urea groups is 1. The second-order valence-electron chi connectivity index (χ2n) is 12.0. The van der Waals surface area contributed by atoms with Gasteiger partial charge in [0, 0.05) is 48.3 Å². The van der Waals surface area contributed by atoms with Crippen molar-refractivity contribution < 1.29 is 9.35 Å². The quantitative estimate of drug-likeness (QED) is 0.237. The lowest BCUT2D eigenvalue weighted by atomic mass is 9.92. The lowest BCUT2D eigenvalue weighted by Crippen LogP contribution is -2.39. The first-order chi connectivity index (χ1) is 21.1. The van der Waals surface area contributed by atoms with E-state index >= 15 is 0 Å². The maximum atomic E-state index is 13.4. The standard InChI is InChI=1S/C33H36N8O2S/c1-22-34-19-25(20-35-22)41-31(17-30(39-41)33(2,3)4)38-32(42)37-29-12-11-26(27-7-5-6-8-28(27)29)23-9-10-24(36-18-23)21-40-13-15-44(43)16-14-40/h5-12,17-20H,13-16,21H2,1-4H3,(H2,37,38,42). The number of carbonyl (C=O) groups is 1. The summed E-state index contributed by atoms with van der Waals surface area (Å²) in [5.74, 6) is 2.63. The van der Waals surface area contributed by atoms with Gasteiger partial charge in [0.2, 0.25) is 0 Å². The minimum atomic E-state index is -0.691. The zero-order valence-electron chi connectivity index (χ0n) is 25.4. The topological polar surface area (TPSA) is 124 Å². The lowest BCUT2D eigenvalue weighted by Gasteiger charge is -2.27. The predicted molar refractivity (Wildman–Crippen MR) is 176 cm³/mol. The summed E-state index contributed by atoms with van der Waals surface area (Å²) in [4.78, 5) is 29.0. The fourth-order valence-corrected chi connectivity index (χ4v) is 6.33. The number of pyridine rings is 1. The van der Waals surface area contributed by atoms with Gasteiger partial charge >= 0.3 is 6.03 Å². The molecule has 3 aromatic heterocycles. The molecule has 226 valence electrons. The molecule has 2 N–H and O–H groups in total. The summed E-state index contributed by atoms with van der Waals surface area (Å²) in [6.07, 6.45) is 5.28. The summed E-state index contributed by atoms with van der Waals surface area (Å²) in [5.41, 5.74) is 4.98. The zero-order valence-corrected chi connectivity index (χ0v) is 26.2. The van der Waals surface area contributed by atoms with Gasteiger partial charge in [0.05, 0.1) is 29.5 Å². The van der Waals surface area contributed by atoms with Gasteiger partial charge in [-0.3, -0.25) is 15.2 Å². The fraction of sp³-hybridized carbons (Fsp3) is 0.303. The van der Waals surface area contributed by atoms with Crippen molar-refractivity contribution >= 4 is 39.5 Å². The Hall–Kier alpha value is -4.32. The molecule has 0 bridgehead atoms. The minimum Gasteiger partial charge on any atom is -0.616 e. The number of fused-ring (bicyclic) bond motifs is 1. The second kappa shape index (κ2) is 12.4. The van der Waals surface area contributed by atoms with Crippen LogP contribution in [0.25, 0.3) is 27.6 Å². The molecule has 1 saturated heterocycles. The lowest BCUT2D eigenvalue weighted by molar-refractivity contribution is 0.262. The van der Waals surface area contributed by atoms with E-state index in [2.05, 4.69) is 64.5 Å². The number of aryl methyl sites for hydroxylation is 1. The molecule has 6 rings (SSSR count). The molecular weight excluding hydrogens is 572 g/mol. The Bertz CT molecular complexity index is 1770. The van der Waals surface area contributed by atoms with Gasteiger partial charge in [-0.25, -0.2) is 19.4 Å². The number of anilines is 2. The molecule has 11 heteroatoms. The molecule has 1 fully saturated rings. The number of benzene rings is 2. The van der Waals surface area contributed by atoms with Crippen LogP contribution in [0.4, 0.5) is 16.3 Å². The molecule has 10 nitrogen and oxygen atoms in total. The second-order valence-corrected chi connectivity index (χ2v) is 13.7. The molecule has 1 aliphatic rings. The van der Waals surface area contributed by atoms with Gasteiger partial charge in [-0.15, -0.1) is 0 Å². The van der Waals surface area contributed by atoms with Gasteiger partial charge in [0.15, 0.2) is 0 Å². The number of hydrogen-bond donors (Lipinski definition) is 2. The Morgan fingerprint density at radius 2 is 1.66 bits per heavy atom. The molecule has 0 atom stereocenters. The van der Waals surface area contributed by atoms with Crippen LogP contribution in [0.1, 0.15) is 38.0 Å². The van der Waals surface area contributed by atoms with Crippen molar-refractivity contribution in [3.05, 3.63) is 90.4 Å². The molecule has 5 aromatic rings. The van der Waals surface area contributed by atoms with Crippen molar-refractivity contribution in [3.8, 4) is 16.8 Å². The van der Waals surface area contributed by atoms with E-state index in [9.17, 15) is 9.35 Å². The van der Waals surface area contributed by atoms with Crippen LogP contribution in [0.5, 0.6) is 0 Å². The van der Waals surface area contributed by atoms with Crippen LogP contribution in [-0.4, -0.2) is 64.8 Å². The van der Waals surface area contributed by atoms with Crippen molar-refractivity contribution in [2.75, 3.05) is 35.2 Å². The van der Waals surface area contributed by atoms with E-state index in [4.69, 9.17) is 10.1 Å². The van der Waals surface area contributed by atoms with Crippen LogP contribution < -0.4 is 10.6 Å².